The van der Waals surface area contributed by atoms with Crippen LogP contribution in [0.25, 0.3) is 0 Å². The van der Waals surface area contributed by atoms with Crippen molar-refractivity contribution in [3.05, 3.63) is 77.6 Å². The zero-order valence-corrected chi connectivity index (χ0v) is 16.1. The topological polar surface area (TPSA) is 13.1 Å². The van der Waals surface area contributed by atoms with Crippen LogP contribution in [0.5, 0.6) is 0 Å². The van der Waals surface area contributed by atoms with Gasteiger partial charge in [0.2, 0.25) is 0 Å². The van der Waals surface area contributed by atoms with Crippen molar-refractivity contribution in [1.29, 1.82) is 0 Å². The van der Waals surface area contributed by atoms with Crippen molar-refractivity contribution < 1.29 is 9.30 Å². The molecule has 1 saturated carbocycles. The van der Waals surface area contributed by atoms with Gasteiger partial charge in [-0.1, -0.05) is 54.8 Å². The van der Waals surface area contributed by atoms with Crippen LogP contribution in [0.4, 0.5) is 0 Å². The molecule has 1 aromatic carbocycles. The molecule has 2 heterocycles. The number of pyridine rings is 1. The van der Waals surface area contributed by atoms with Gasteiger partial charge in [0.25, 0.3) is 0 Å². The highest BCUT2D eigenvalue weighted by molar-refractivity contribution is 5.25. The number of allylic oxidation sites excluding steroid dienone is 1. The second-order valence-corrected chi connectivity index (χ2v) is 8.52. The fourth-order valence-corrected chi connectivity index (χ4v) is 5.52. The number of hydrogen-bond donors (Lipinski definition) is 0. The van der Waals surface area contributed by atoms with Crippen molar-refractivity contribution in [1.82, 2.24) is 0 Å². The van der Waals surface area contributed by atoms with E-state index in [1.807, 2.05) is 0 Å². The first-order chi connectivity index (χ1) is 13.4. The summed E-state index contributed by atoms with van der Waals surface area (Å²) in [5.74, 6) is 1.28. The van der Waals surface area contributed by atoms with Gasteiger partial charge < -0.3 is 4.74 Å². The molecule has 4 atom stereocenters. The molecule has 0 N–H and O–H groups in total. The fraction of sp³-hybridized carbons (Fsp3) is 0.480. The molecule has 0 unspecified atom stereocenters. The minimum atomic E-state index is 0.235. The minimum Gasteiger partial charge on any atom is -0.369 e. The van der Waals surface area contributed by atoms with Gasteiger partial charge >= 0.3 is 0 Å². The molecule has 1 aromatic heterocycles. The second-order valence-electron chi connectivity index (χ2n) is 8.52. The van der Waals surface area contributed by atoms with Crippen LogP contribution in [0, 0.1) is 11.8 Å². The molecule has 27 heavy (non-hydrogen) atoms. The van der Waals surface area contributed by atoms with Crippen molar-refractivity contribution in [2.24, 2.45) is 11.8 Å². The van der Waals surface area contributed by atoms with Crippen molar-refractivity contribution in [2.75, 3.05) is 0 Å². The molecule has 2 aliphatic carbocycles. The van der Waals surface area contributed by atoms with E-state index in [9.17, 15) is 0 Å². The first-order valence-electron chi connectivity index (χ1n) is 10.8. The quantitative estimate of drug-likeness (QED) is 0.529. The van der Waals surface area contributed by atoms with E-state index < -0.39 is 0 Å². The minimum absolute atomic E-state index is 0.235. The summed E-state index contributed by atoms with van der Waals surface area (Å²) in [7, 11) is 0. The lowest BCUT2D eigenvalue weighted by molar-refractivity contribution is -0.689. The summed E-state index contributed by atoms with van der Waals surface area (Å²) in [5.41, 5.74) is 4.44. The van der Waals surface area contributed by atoms with Gasteiger partial charge in [0.1, 0.15) is 0 Å². The molecule has 140 valence electrons. The Hall–Kier alpha value is -1.93. The highest BCUT2D eigenvalue weighted by atomic mass is 16.5. The van der Waals surface area contributed by atoms with Crippen molar-refractivity contribution in [3.8, 4) is 0 Å². The maximum absolute atomic E-state index is 6.80. The van der Waals surface area contributed by atoms with Gasteiger partial charge in [0.15, 0.2) is 18.9 Å². The van der Waals surface area contributed by atoms with E-state index >= 15 is 0 Å². The largest absolute Gasteiger partial charge is 0.369 e. The second kappa shape index (κ2) is 7.59. The molecule has 0 spiro atoms. The number of ether oxygens (including phenoxy) is 1. The average molecular weight is 361 g/mol. The highest BCUT2D eigenvalue weighted by Crippen LogP contribution is 2.50. The first-order valence-corrected chi connectivity index (χ1v) is 10.8. The van der Waals surface area contributed by atoms with E-state index in [0.29, 0.717) is 17.9 Å². The first kappa shape index (κ1) is 17.2. The summed E-state index contributed by atoms with van der Waals surface area (Å²) in [6.45, 7) is 0.917. The lowest BCUT2D eigenvalue weighted by Gasteiger charge is -2.47. The molecule has 2 nitrogen and oxygen atoms in total. The van der Waals surface area contributed by atoms with E-state index in [2.05, 4.69) is 65.5 Å². The molecule has 2 aromatic rings. The SMILES string of the molecule is C1=C2[C@H]3CCCC[C@@H]3O[C@@H](c3ccc[n+](Cc4ccccc4)c3)[C@H]2CCC1. The Morgan fingerprint density at radius 3 is 2.67 bits per heavy atom. The van der Waals surface area contributed by atoms with Gasteiger partial charge in [-0.05, 0) is 38.2 Å². The molecule has 1 saturated heterocycles. The number of nitrogens with zero attached hydrogens (tertiary/aromatic N) is 1. The zero-order chi connectivity index (χ0) is 18.1. The Morgan fingerprint density at radius 1 is 0.889 bits per heavy atom. The van der Waals surface area contributed by atoms with E-state index in [1.165, 1.54) is 56.1 Å². The van der Waals surface area contributed by atoms with Crippen LogP contribution in [-0.2, 0) is 11.3 Å². The van der Waals surface area contributed by atoms with Crippen molar-refractivity contribution in [2.45, 2.75) is 63.7 Å². The van der Waals surface area contributed by atoms with Crippen molar-refractivity contribution in [3.63, 3.8) is 0 Å². The number of rotatable bonds is 3. The third-order valence-electron chi connectivity index (χ3n) is 6.76. The van der Waals surface area contributed by atoms with Crippen LogP contribution in [0.1, 0.15) is 62.2 Å². The Kier molecular flexibility index (Phi) is 4.83. The lowest BCUT2D eigenvalue weighted by Crippen LogP contribution is -2.42. The maximum Gasteiger partial charge on any atom is 0.174 e. The molecular weight excluding hydrogens is 330 g/mol. The maximum atomic E-state index is 6.80. The number of aromatic nitrogens is 1. The number of hydrogen-bond acceptors (Lipinski definition) is 1. The van der Waals surface area contributed by atoms with Crippen LogP contribution in [-0.4, -0.2) is 6.10 Å². The van der Waals surface area contributed by atoms with Gasteiger partial charge in [-0.25, -0.2) is 4.57 Å². The molecular formula is C25H30NO+. The summed E-state index contributed by atoms with van der Waals surface area (Å²) >= 11 is 0. The molecule has 5 rings (SSSR count). The van der Waals surface area contributed by atoms with E-state index in [1.54, 1.807) is 5.57 Å². The van der Waals surface area contributed by atoms with Gasteiger partial charge in [0.05, 0.1) is 12.2 Å². The molecule has 1 aliphatic heterocycles. The third kappa shape index (κ3) is 3.48. The van der Waals surface area contributed by atoms with Crippen LogP contribution in [0.3, 0.4) is 0 Å². The van der Waals surface area contributed by atoms with Gasteiger partial charge in [0, 0.05) is 29.0 Å². The summed E-state index contributed by atoms with van der Waals surface area (Å²) < 4.78 is 9.11. The van der Waals surface area contributed by atoms with Gasteiger partial charge in [-0.15, -0.1) is 0 Å². The fourth-order valence-electron chi connectivity index (χ4n) is 5.52. The van der Waals surface area contributed by atoms with Crippen LogP contribution >= 0.6 is 0 Å². The average Bonchev–Trinajstić information content (AvgIpc) is 2.74. The Balaban J connectivity index is 1.44. The predicted octanol–water partition coefficient (Wildman–Crippen LogP) is 5.38. The number of benzene rings is 1. The smallest absolute Gasteiger partial charge is 0.174 e. The summed E-state index contributed by atoms with van der Waals surface area (Å²) in [6, 6.07) is 15.2. The van der Waals surface area contributed by atoms with E-state index in [4.69, 9.17) is 4.74 Å². The van der Waals surface area contributed by atoms with Crippen molar-refractivity contribution >= 4 is 0 Å². The van der Waals surface area contributed by atoms with E-state index in [0.717, 1.165) is 6.54 Å². The molecule has 0 bridgehead atoms. The Morgan fingerprint density at radius 2 is 1.74 bits per heavy atom. The molecule has 3 aliphatic rings. The van der Waals surface area contributed by atoms with Crippen LogP contribution < -0.4 is 4.57 Å². The zero-order valence-electron chi connectivity index (χ0n) is 16.1. The highest BCUT2D eigenvalue weighted by Gasteiger charge is 2.44. The molecule has 2 fully saturated rings. The molecule has 0 amide bonds. The molecule has 2 heteroatoms. The molecule has 0 radical (unpaired) electrons. The Labute approximate surface area is 162 Å². The third-order valence-corrected chi connectivity index (χ3v) is 6.76. The van der Waals surface area contributed by atoms with Crippen LogP contribution in [0.15, 0.2) is 66.5 Å². The monoisotopic (exact) mass is 360 g/mol. The Bertz CT molecular complexity index is 812. The van der Waals surface area contributed by atoms with Gasteiger partial charge in [-0.3, -0.25) is 0 Å². The summed E-state index contributed by atoms with van der Waals surface area (Å²) in [6.07, 6.45) is 16.9. The summed E-state index contributed by atoms with van der Waals surface area (Å²) in [5, 5.41) is 0. The van der Waals surface area contributed by atoms with Crippen LogP contribution in [0.2, 0.25) is 0 Å². The number of fused-ring (bicyclic) bond motifs is 3. The standard InChI is InChI=1S/C25H30NO/c1-2-9-19(10-3-1)17-26-16-8-11-20(18-26)25-23-14-5-4-12-21(23)22-13-6-7-15-24(22)27-25/h1-3,8-12,16,18,22-25H,4-7,13-15,17H2/q+1/t22-,23+,24+,25+/m1/s1. The predicted molar refractivity (Wildman–Crippen MR) is 107 cm³/mol. The normalized spacial score (nSPS) is 30.1. The lowest BCUT2D eigenvalue weighted by atomic mass is 9.68. The van der Waals surface area contributed by atoms with Gasteiger partial charge in [-0.2, -0.15) is 0 Å². The summed E-state index contributed by atoms with van der Waals surface area (Å²) in [4.78, 5) is 0. The van der Waals surface area contributed by atoms with E-state index in [-0.39, 0.29) is 6.10 Å².